The average Bonchev–Trinajstić information content (AvgIpc) is 3.31. The highest BCUT2D eigenvalue weighted by Crippen LogP contribution is 2.36. The molecule has 0 saturated carbocycles. The molecule has 0 unspecified atom stereocenters. The van der Waals surface area contributed by atoms with E-state index in [4.69, 9.17) is 4.42 Å². The number of hydrogen-bond donors (Lipinski definition) is 0. The Morgan fingerprint density at radius 3 is 2.47 bits per heavy atom. The zero-order valence-corrected chi connectivity index (χ0v) is 17.6. The minimum absolute atomic E-state index is 0.0565. The maximum absolute atomic E-state index is 13.4. The number of halogens is 1. The van der Waals surface area contributed by atoms with Gasteiger partial charge in [-0.2, -0.15) is 5.10 Å². The van der Waals surface area contributed by atoms with Gasteiger partial charge in [-0.1, -0.05) is 13.8 Å². The first-order valence-electron chi connectivity index (χ1n) is 9.67. The molecular formula is C21H21FN4O3S. The monoisotopic (exact) mass is 428 g/mol. The molecule has 0 radical (unpaired) electrons. The Bertz CT molecular complexity index is 1300. The second-order valence-electron chi connectivity index (χ2n) is 6.91. The molecule has 4 aromatic rings. The molecule has 1 fully saturated rings. The van der Waals surface area contributed by atoms with Crippen molar-refractivity contribution in [1.29, 1.82) is 0 Å². The van der Waals surface area contributed by atoms with Crippen molar-refractivity contribution in [2.24, 2.45) is 0 Å². The van der Waals surface area contributed by atoms with Crippen LogP contribution in [0.3, 0.4) is 0 Å². The Labute approximate surface area is 173 Å². The third-order valence-electron chi connectivity index (χ3n) is 4.82. The van der Waals surface area contributed by atoms with E-state index in [0.717, 1.165) is 5.39 Å². The van der Waals surface area contributed by atoms with Crippen LogP contribution in [0.5, 0.6) is 0 Å². The largest absolute Gasteiger partial charge is 0.443 e. The van der Waals surface area contributed by atoms with Crippen LogP contribution in [0.25, 0.3) is 33.6 Å². The number of aromatic nitrogens is 4. The molecule has 7 nitrogen and oxygen atoms in total. The van der Waals surface area contributed by atoms with Gasteiger partial charge in [0.25, 0.3) is 0 Å². The molecule has 5 rings (SSSR count). The summed E-state index contributed by atoms with van der Waals surface area (Å²) in [7, 11) is -3.00. The summed E-state index contributed by atoms with van der Waals surface area (Å²) in [5.41, 5.74) is 3.12. The van der Waals surface area contributed by atoms with Crippen LogP contribution in [0.4, 0.5) is 4.39 Å². The number of fused-ring (bicyclic) bond motifs is 1. The van der Waals surface area contributed by atoms with Crippen molar-refractivity contribution in [2.75, 3.05) is 11.5 Å². The summed E-state index contributed by atoms with van der Waals surface area (Å²) < 4.78 is 43.9. The van der Waals surface area contributed by atoms with E-state index in [1.54, 1.807) is 23.0 Å². The van der Waals surface area contributed by atoms with Crippen LogP contribution in [0, 0.1) is 12.7 Å². The minimum Gasteiger partial charge on any atom is -0.443 e. The van der Waals surface area contributed by atoms with Gasteiger partial charge in [-0.15, -0.1) is 0 Å². The van der Waals surface area contributed by atoms with Crippen molar-refractivity contribution in [3.63, 3.8) is 0 Å². The number of hydrogen-bond acceptors (Lipinski definition) is 6. The molecule has 0 spiro atoms. The van der Waals surface area contributed by atoms with E-state index in [0.29, 0.717) is 34.0 Å². The third-order valence-corrected chi connectivity index (χ3v) is 6.61. The molecule has 0 N–H and O–H groups in total. The lowest BCUT2D eigenvalue weighted by molar-refractivity contribution is 0.474. The van der Waals surface area contributed by atoms with Gasteiger partial charge >= 0.3 is 0 Å². The molecule has 1 saturated heterocycles. The zero-order valence-electron chi connectivity index (χ0n) is 16.8. The topological polar surface area (TPSA) is 90.9 Å². The maximum atomic E-state index is 13.4. The van der Waals surface area contributed by atoms with Gasteiger partial charge in [0.15, 0.2) is 9.84 Å². The Balaban J connectivity index is 0.00000106. The van der Waals surface area contributed by atoms with Gasteiger partial charge in [0.05, 0.1) is 28.6 Å². The fourth-order valence-corrected chi connectivity index (χ4v) is 4.83. The summed E-state index contributed by atoms with van der Waals surface area (Å²) in [5.74, 6) is 0.476. The molecule has 0 atom stereocenters. The summed E-state index contributed by atoms with van der Waals surface area (Å²) in [6.45, 7) is 5.83. The van der Waals surface area contributed by atoms with E-state index in [2.05, 4.69) is 15.1 Å². The molecule has 3 aromatic heterocycles. The Kier molecular flexibility index (Phi) is 5.15. The van der Waals surface area contributed by atoms with Gasteiger partial charge in [-0.05, 0) is 37.3 Å². The number of furan rings is 1. The molecule has 30 heavy (non-hydrogen) atoms. The molecule has 0 amide bonds. The van der Waals surface area contributed by atoms with E-state index < -0.39 is 9.84 Å². The van der Waals surface area contributed by atoms with Gasteiger partial charge in [0, 0.05) is 17.3 Å². The normalized spacial score (nSPS) is 15.5. The highest BCUT2D eigenvalue weighted by Gasteiger charge is 2.36. The number of aryl methyl sites for hydroxylation is 1. The summed E-state index contributed by atoms with van der Waals surface area (Å²) in [6, 6.07) is 7.64. The lowest BCUT2D eigenvalue weighted by Crippen LogP contribution is -2.38. The van der Waals surface area contributed by atoms with Gasteiger partial charge in [0.1, 0.15) is 23.6 Å². The molecule has 1 aliphatic heterocycles. The van der Waals surface area contributed by atoms with Crippen LogP contribution in [-0.2, 0) is 9.84 Å². The average molecular weight is 428 g/mol. The van der Waals surface area contributed by atoms with E-state index in [1.807, 2.05) is 26.8 Å². The van der Waals surface area contributed by atoms with Crippen LogP contribution in [0.1, 0.15) is 25.6 Å². The van der Waals surface area contributed by atoms with E-state index in [9.17, 15) is 12.8 Å². The lowest BCUT2D eigenvalue weighted by atomic mass is 10.0. The minimum atomic E-state index is -3.00. The first-order chi connectivity index (χ1) is 14.4. The van der Waals surface area contributed by atoms with Crippen LogP contribution >= 0.6 is 0 Å². The van der Waals surface area contributed by atoms with Gasteiger partial charge in [0.2, 0.25) is 5.71 Å². The van der Waals surface area contributed by atoms with E-state index >= 15 is 0 Å². The predicted octanol–water partition coefficient (Wildman–Crippen LogP) is 4.20. The van der Waals surface area contributed by atoms with Crippen LogP contribution in [-0.4, -0.2) is 39.7 Å². The predicted molar refractivity (Wildman–Crippen MR) is 112 cm³/mol. The second kappa shape index (κ2) is 7.64. The van der Waals surface area contributed by atoms with Crippen molar-refractivity contribution in [3.05, 3.63) is 54.4 Å². The molecule has 0 bridgehead atoms. The van der Waals surface area contributed by atoms with Crippen molar-refractivity contribution in [2.45, 2.75) is 26.8 Å². The van der Waals surface area contributed by atoms with Crippen molar-refractivity contribution in [3.8, 4) is 22.5 Å². The first kappa shape index (κ1) is 20.2. The number of sulfone groups is 1. The van der Waals surface area contributed by atoms with Crippen LogP contribution in [0.2, 0.25) is 0 Å². The highest BCUT2D eigenvalue weighted by molar-refractivity contribution is 7.92. The molecule has 1 aliphatic rings. The standard InChI is InChI=1S/C19H15FN4O3S.C2H6/c1-11-6-15-18(21-10-22-19(15)27-11)16-7-24(14-8-28(25,26)9-14)23-17(16)12-2-4-13(20)5-3-12;1-2/h2-7,10,14H,8-9H2,1H3;1-2H3. The van der Waals surface area contributed by atoms with E-state index in [-0.39, 0.29) is 23.4 Å². The molecular weight excluding hydrogens is 407 g/mol. The maximum Gasteiger partial charge on any atom is 0.229 e. The van der Waals surface area contributed by atoms with Gasteiger partial charge in [-0.25, -0.2) is 22.8 Å². The smallest absolute Gasteiger partial charge is 0.229 e. The third kappa shape index (κ3) is 3.60. The molecule has 4 heterocycles. The molecule has 9 heteroatoms. The summed E-state index contributed by atoms with van der Waals surface area (Å²) in [5, 5.41) is 5.37. The Hall–Kier alpha value is -3.07. The fourth-order valence-electron chi connectivity index (χ4n) is 3.45. The lowest BCUT2D eigenvalue weighted by Gasteiger charge is -2.25. The van der Waals surface area contributed by atoms with Crippen molar-refractivity contribution in [1.82, 2.24) is 19.7 Å². The second-order valence-corrected chi connectivity index (χ2v) is 9.06. The van der Waals surface area contributed by atoms with Gasteiger partial charge < -0.3 is 4.42 Å². The van der Waals surface area contributed by atoms with Gasteiger partial charge in [-0.3, -0.25) is 4.68 Å². The van der Waals surface area contributed by atoms with Crippen LogP contribution in [0.15, 0.2) is 47.3 Å². The SMILES string of the molecule is CC.Cc1cc2c(-c3cn(C4CS(=O)(=O)C4)nc3-c3ccc(F)cc3)ncnc2o1. The summed E-state index contributed by atoms with van der Waals surface area (Å²) in [6.07, 6.45) is 3.21. The number of rotatable bonds is 3. The van der Waals surface area contributed by atoms with Crippen molar-refractivity contribution >= 4 is 20.9 Å². The van der Waals surface area contributed by atoms with E-state index in [1.165, 1.54) is 18.5 Å². The first-order valence-corrected chi connectivity index (χ1v) is 11.5. The number of benzene rings is 1. The molecule has 0 aliphatic carbocycles. The highest BCUT2D eigenvalue weighted by atomic mass is 32.2. The van der Waals surface area contributed by atoms with Crippen LogP contribution < -0.4 is 0 Å². The Morgan fingerprint density at radius 2 is 1.80 bits per heavy atom. The molecule has 1 aromatic carbocycles. The molecule has 156 valence electrons. The fraction of sp³-hybridized carbons (Fsp3) is 0.286. The zero-order chi connectivity index (χ0) is 21.5. The quantitative estimate of drug-likeness (QED) is 0.486. The summed E-state index contributed by atoms with van der Waals surface area (Å²) in [4.78, 5) is 8.58. The van der Waals surface area contributed by atoms with Crippen molar-refractivity contribution < 1.29 is 17.2 Å². The Morgan fingerprint density at radius 1 is 1.10 bits per heavy atom. The number of nitrogens with zero attached hydrogens (tertiary/aromatic N) is 4. The summed E-state index contributed by atoms with van der Waals surface area (Å²) >= 11 is 0.